The van der Waals surface area contributed by atoms with Crippen LogP contribution in [0.4, 0.5) is 5.69 Å². The van der Waals surface area contributed by atoms with E-state index in [1.165, 1.54) is 12.1 Å². The molecule has 0 spiro atoms. The summed E-state index contributed by atoms with van der Waals surface area (Å²) in [4.78, 5) is 26.8. The molecule has 2 aromatic carbocycles. The summed E-state index contributed by atoms with van der Waals surface area (Å²) in [5.74, 6) is 0.950. The second-order valence-corrected chi connectivity index (χ2v) is 7.04. The molecule has 0 saturated carbocycles. The van der Waals surface area contributed by atoms with Crippen molar-refractivity contribution in [2.45, 2.75) is 6.10 Å². The Morgan fingerprint density at radius 2 is 1.83 bits per heavy atom. The van der Waals surface area contributed by atoms with E-state index in [1.807, 2.05) is 0 Å². The van der Waals surface area contributed by atoms with Gasteiger partial charge >= 0.3 is 0 Å². The van der Waals surface area contributed by atoms with Gasteiger partial charge in [-0.25, -0.2) is 0 Å². The molecule has 1 fully saturated rings. The fourth-order valence-corrected chi connectivity index (χ4v) is 3.30. The molecule has 0 radical (unpaired) electrons. The predicted octanol–water partition coefficient (Wildman–Crippen LogP) is 1.80. The minimum absolute atomic E-state index is 0.0319. The summed E-state index contributed by atoms with van der Waals surface area (Å²) in [6.45, 7) is 2.84. The van der Waals surface area contributed by atoms with Crippen molar-refractivity contribution in [3.8, 4) is 11.5 Å². The van der Waals surface area contributed by atoms with Crippen molar-refractivity contribution in [2.75, 3.05) is 46.4 Å². The van der Waals surface area contributed by atoms with Gasteiger partial charge in [0.25, 0.3) is 11.6 Å². The van der Waals surface area contributed by atoms with E-state index in [0.29, 0.717) is 49.8 Å². The molecule has 1 heterocycles. The molecule has 1 amide bonds. The van der Waals surface area contributed by atoms with Gasteiger partial charge in [-0.3, -0.25) is 19.8 Å². The van der Waals surface area contributed by atoms with Gasteiger partial charge in [0.15, 0.2) is 0 Å². The first-order valence-corrected chi connectivity index (χ1v) is 9.67. The van der Waals surface area contributed by atoms with Crippen molar-refractivity contribution in [3.63, 3.8) is 0 Å². The number of nitro benzene ring substituents is 1. The number of methoxy groups -OCH3 is 1. The third kappa shape index (κ3) is 5.68. The highest BCUT2D eigenvalue weighted by Gasteiger charge is 2.24. The van der Waals surface area contributed by atoms with Crippen molar-refractivity contribution in [2.24, 2.45) is 0 Å². The summed E-state index contributed by atoms with van der Waals surface area (Å²) < 4.78 is 10.7. The highest BCUT2D eigenvalue weighted by molar-refractivity contribution is 5.94. The largest absolute Gasteiger partial charge is 0.497 e. The van der Waals surface area contributed by atoms with E-state index in [9.17, 15) is 20.0 Å². The third-order valence-electron chi connectivity index (χ3n) is 4.92. The molecule has 9 heteroatoms. The van der Waals surface area contributed by atoms with Crippen LogP contribution >= 0.6 is 0 Å². The number of carbonyl (C=O) groups is 1. The Kier molecular flexibility index (Phi) is 7.21. The molecule has 160 valence electrons. The molecule has 2 aromatic rings. The number of amides is 1. The maximum absolute atomic E-state index is 12.7. The number of ether oxygens (including phenoxy) is 2. The standard InChI is InChI=1S/C21H25N3O6/c1-29-19-6-2-4-16(12-19)21(26)23-10-8-22(9-11-23)14-18(25)15-30-20-7-3-5-17(13-20)24(27)28/h2-7,12-13,18,25H,8-11,14-15H2,1H3. The van der Waals surface area contributed by atoms with Crippen LogP contribution in [0.3, 0.4) is 0 Å². The minimum Gasteiger partial charge on any atom is -0.497 e. The van der Waals surface area contributed by atoms with Gasteiger partial charge in [0.05, 0.1) is 18.1 Å². The molecule has 0 bridgehead atoms. The van der Waals surface area contributed by atoms with Crippen LogP contribution in [0.2, 0.25) is 0 Å². The van der Waals surface area contributed by atoms with Gasteiger partial charge in [0, 0.05) is 44.4 Å². The smallest absolute Gasteiger partial charge is 0.273 e. The molecule has 1 aliphatic heterocycles. The molecule has 3 rings (SSSR count). The van der Waals surface area contributed by atoms with E-state index < -0.39 is 11.0 Å². The van der Waals surface area contributed by atoms with Gasteiger partial charge in [0.2, 0.25) is 0 Å². The number of aliphatic hydroxyl groups excluding tert-OH is 1. The number of carbonyl (C=O) groups excluding carboxylic acids is 1. The van der Waals surface area contributed by atoms with Crippen LogP contribution < -0.4 is 9.47 Å². The molecule has 1 aliphatic rings. The fraction of sp³-hybridized carbons (Fsp3) is 0.381. The van der Waals surface area contributed by atoms with Crippen LogP contribution in [0.5, 0.6) is 11.5 Å². The number of benzene rings is 2. The molecule has 1 N–H and O–H groups in total. The lowest BCUT2D eigenvalue weighted by Gasteiger charge is -2.35. The van der Waals surface area contributed by atoms with Gasteiger partial charge in [-0.15, -0.1) is 0 Å². The number of hydrogen-bond acceptors (Lipinski definition) is 7. The zero-order valence-electron chi connectivity index (χ0n) is 16.8. The Hall–Kier alpha value is -3.17. The summed E-state index contributed by atoms with van der Waals surface area (Å²) in [5, 5.41) is 21.1. The first kappa shape index (κ1) is 21.5. The van der Waals surface area contributed by atoms with E-state index in [1.54, 1.807) is 48.4 Å². The number of rotatable bonds is 8. The lowest BCUT2D eigenvalue weighted by molar-refractivity contribution is -0.384. The van der Waals surface area contributed by atoms with Crippen molar-refractivity contribution in [3.05, 3.63) is 64.2 Å². The van der Waals surface area contributed by atoms with Crippen molar-refractivity contribution in [1.29, 1.82) is 0 Å². The Morgan fingerprint density at radius 1 is 1.13 bits per heavy atom. The third-order valence-corrected chi connectivity index (χ3v) is 4.92. The van der Waals surface area contributed by atoms with Gasteiger partial charge in [-0.2, -0.15) is 0 Å². The maximum atomic E-state index is 12.7. The zero-order chi connectivity index (χ0) is 21.5. The van der Waals surface area contributed by atoms with Crippen LogP contribution in [0.15, 0.2) is 48.5 Å². The first-order valence-electron chi connectivity index (χ1n) is 9.67. The molecule has 30 heavy (non-hydrogen) atoms. The Balaban J connectivity index is 1.44. The monoisotopic (exact) mass is 415 g/mol. The SMILES string of the molecule is COc1cccc(C(=O)N2CCN(CC(O)COc3cccc([N+](=O)[O-])c3)CC2)c1. The van der Waals surface area contributed by atoms with E-state index in [2.05, 4.69) is 4.90 Å². The van der Waals surface area contributed by atoms with Crippen molar-refractivity contribution < 1.29 is 24.3 Å². The molecular formula is C21H25N3O6. The van der Waals surface area contributed by atoms with Gasteiger partial charge in [-0.05, 0) is 24.3 Å². The normalized spacial score (nSPS) is 15.5. The average Bonchev–Trinajstić information content (AvgIpc) is 2.78. The molecule has 9 nitrogen and oxygen atoms in total. The zero-order valence-corrected chi connectivity index (χ0v) is 16.8. The fourth-order valence-electron chi connectivity index (χ4n) is 3.30. The maximum Gasteiger partial charge on any atom is 0.273 e. The van der Waals surface area contributed by atoms with E-state index in [4.69, 9.17) is 9.47 Å². The van der Waals surface area contributed by atoms with E-state index >= 15 is 0 Å². The van der Waals surface area contributed by atoms with Crippen LogP contribution in [-0.4, -0.2) is 78.3 Å². The lowest BCUT2D eigenvalue weighted by Crippen LogP contribution is -2.50. The summed E-state index contributed by atoms with van der Waals surface area (Å²) >= 11 is 0. The number of piperazine rings is 1. The summed E-state index contributed by atoms with van der Waals surface area (Å²) in [7, 11) is 1.57. The van der Waals surface area contributed by atoms with Gasteiger partial charge in [-0.1, -0.05) is 12.1 Å². The molecular weight excluding hydrogens is 390 g/mol. The van der Waals surface area contributed by atoms with Gasteiger partial charge in [0.1, 0.15) is 24.2 Å². The molecule has 1 atom stereocenters. The number of β-amino-alcohol motifs (C(OH)–C–C–N with tert-alkyl or cyclic N) is 1. The van der Waals surface area contributed by atoms with Crippen LogP contribution in [0.1, 0.15) is 10.4 Å². The molecule has 0 aromatic heterocycles. The highest BCUT2D eigenvalue weighted by atomic mass is 16.6. The summed E-state index contributed by atoms with van der Waals surface area (Å²) in [6.07, 6.45) is -0.745. The van der Waals surface area contributed by atoms with Crippen molar-refractivity contribution >= 4 is 11.6 Å². The number of nitrogens with zero attached hydrogens (tertiary/aromatic N) is 3. The second-order valence-electron chi connectivity index (χ2n) is 7.04. The number of hydrogen-bond donors (Lipinski definition) is 1. The predicted molar refractivity (Wildman–Crippen MR) is 110 cm³/mol. The average molecular weight is 415 g/mol. The first-order chi connectivity index (χ1) is 14.5. The summed E-state index contributed by atoms with van der Waals surface area (Å²) in [6, 6.07) is 13.0. The Morgan fingerprint density at radius 3 is 2.53 bits per heavy atom. The second kappa shape index (κ2) is 10.0. The van der Waals surface area contributed by atoms with Crippen LogP contribution in [0.25, 0.3) is 0 Å². The number of non-ortho nitro benzene ring substituents is 1. The Bertz CT molecular complexity index is 883. The van der Waals surface area contributed by atoms with E-state index in [0.717, 1.165) is 0 Å². The topological polar surface area (TPSA) is 105 Å². The van der Waals surface area contributed by atoms with Crippen LogP contribution in [0, 0.1) is 10.1 Å². The van der Waals surface area contributed by atoms with Crippen molar-refractivity contribution in [1.82, 2.24) is 9.80 Å². The van der Waals surface area contributed by atoms with Gasteiger partial charge < -0.3 is 19.5 Å². The van der Waals surface area contributed by atoms with E-state index in [-0.39, 0.29) is 18.2 Å². The molecule has 1 saturated heterocycles. The number of aliphatic hydroxyl groups is 1. The Labute approximate surface area is 174 Å². The summed E-state index contributed by atoms with van der Waals surface area (Å²) in [5.41, 5.74) is 0.534. The minimum atomic E-state index is -0.745. The van der Waals surface area contributed by atoms with Crippen LogP contribution in [-0.2, 0) is 0 Å². The molecule has 0 aliphatic carbocycles. The highest BCUT2D eigenvalue weighted by Crippen LogP contribution is 2.19. The number of nitro groups is 1. The molecule has 1 unspecified atom stereocenters. The lowest BCUT2D eigenvalue weighted by atomic mass is 10.1. The quantitative estimate of drug-likeness (QED) is 0.518.